The molecule has 1 aliphatic rings. The van der Waals surface area contributed by atoms with E-state index >= 15 is 0 Å². The Balaban J connectivity index is 1.13. The van der Waals surface area contributed by atoms with Crippen molar-refractivity contribution in [2.75, 3.05) is 11.1 Å². The number of imidazole rings is 1. The highest BCUT2D eigenvalue weighted by molar-refractivity contribution is 7.99. The minimum atomic E-state index is -0.691. The first-order chi connectivity index (χ1) is 18.7. The third-order valence-corrected chi connectivity index (χ3v) is 8.55. The molecule has 11 heteroatoms. The van der Waals surface area contributed by atoms with Crippen molar-refractivity contribution in [2.45, 2.75) is 79.3 Å². The fourth-order valence-electron chi connectivity index (χ4n) is 4.49. The summed E-state index contributed by atoms with van der Waals surface area (Å²) in [6.45, 7) is 0.677. The smallest absolute Gasteiger partial charge is 0.303 e. The minimum Gasteiger partial charge on any atom is -0.481 e. The molecule has 0 aliphatic carbocycles. The van der Waals surface area contributed by atoms with E-state index in [-0.39, 0.29) is 0 Å². The van der Waals surface area contributed by atoms with E-state index in [0.29, 0.717) is 13.0 Å². The third kappa shape index (κ3) is 6.82. The van der Waals surface area contributed by atoms with Crippen molar-refractivity contribution in [3.63, 3.8) is 0 Å². The number of carbonyl (C=O) groups is 1. The monoisotopic (exact) mass is 549 g/mol. The van der Waals surface area contributed by atoms with Gasteiger partial charge >= 0.3 is 5.97 Å². The number of carboxylic acid groups (broad SMARTS) is 1. The van der Waals surface area contributed by atoms with Crippen LogP contribution in [0.15, 0.2) is 58.2 Å². The summed E-state index contributed by atoms with van der Waals surface area (Å²) in [6.07, 6.45) is 16.1. The van der Waals surface area contributed by atoms with Gasteiger partial charge < -0.3 is 15.0 Å². The Kier molecular flexibility index (Phi) is 9.08. The molecule has 0 unspecified atom stereocenters. The Morgan fingerprint density at radius 2 is 1.74 bits per heavy atom. The molecule has 0 radical (unpaired) electrons. The number of anilines is 2. The Hall–Kier alpha value is -3.18. The third-order valence-electron chi connectivity index (χ3n) is 6.42. The standard InChI is InChI=1S/C27H31N7O2S2/c35-22(36)9-7-5-3-1-2-4-6-8-14-37-26-23-24(30-17-31-26)32-18-34(23)16-19-10-11-21-20(15-19)33-25-27(38-21)29-13-12-28-25/h10-13,15,17-18H,1-9,14,16H2,(H,28,33)(H,35,36). The maximum atomic E-state index is 10.6. The molecular formula is C27H31N7O2S2. The van der Waals surface area contributed by atoms with Crippen LogP contribution in [-0.2, 0) is 11.3 Å². The number of hydrogen-bond acceptors (Lipinski definition) is 9. The van der Waals surface area contributed by atoms with Crippen molar-refractivity contribution in [2.24, 2.45) is 0 Å². The molecule has 0 atom stereocenters. The molecule has 1 aromatic carbocycles. The van der Waals surface area contributed by atoms with Crippen LogP contribution in [0.4, 0.5) is 11.5 Å². The maximum absolute atomic E-state index is 10.6. The largest absolute Gasteiger partial charge is 0.481 e. The van der Waals surface area contributed by atoms with Gasteiger partial charge in [-0.15, -0.1) is 11.8 Å². The van der Waals surface area contributed by atoms with Crippen LogP contribution in [0.3, 0.4) is 0 Å². The highest BCUT2D eigenvalue weighted by atomic mass is 32.2. The van der Waals surface area contributed by atoms with E-state index in [0.717, 1.165) is 74.6 Å². The molecule has 4 aromatic rings. The first-order valence-electron chi connectivity index (χ1n) is 13.1. The van der Waals surface area contributed by atoms with E-state index < -0.39 is 5.97 Å². The van der Waals surface area contributed by atoms with E-state index in [2.05, 4.69) is 53.0 Å². The van der Waals surface area contributed by atoms with Crippen LogP contribution >= 0.6 is 23.5 Å². The number of nitrogens with one attached hydrogen (secondary N) is 1. The highest BCUT2D eigenvalue weighted by Crippen LogP contribution is 2.42. The van der Waals surface area contributed by atoms with E-state index in [1.807, 2.05) is 6.33 Å². The lowest BCUT2D eigenvalue weighted by molar-refractivity contribution is -0.137. The number of carboxylic acids is 1. The number of thioether (sulfide) groups is 1. The number of aromatic nitrogens is 6. The van der Waals surface area contributed by atoms with Crippen molar-refractivity contribution in [3.05, 3.63) is 48.8 Å². The number of fused-ring (bicyclic) bond motifs is 3. The van der Waals surface area contributed by atoms with Gasteiger partial charge in [0.05, 0.1) is 12.0 Å². The SMILES string of the molecule is O=C(O)CCCCCCCCCCSc1ncnc2ncn(Cc3ccc4c(c3)Nc3nccnc3S4)c12. The van der Waals surface area contributed by atoms with Gasteiger partial charge in [0.15, 0.2) is 11.5 Å². The highest BCUT2D eigenvalue weighted by Gasteiger charge is 2.18. The molecule has 0 saturated carbocycles. The van der Waals surface area contributed by atoms with Gasteiger partial charge in [0.2, 0.25) is 0 Å². The number of benzene rings is 1. The zero-order valence-corrected chi connectivity index (χ0v) is 22.8. The summed E-state index contributed by atoms with van der Waals surface area (Å²) in [7, 11) is 0. The molecule has 0 amide bonds. The van der Waals surface area contributed by atoms with E-state index in [4.69, 9.17) is 5.11 Å². The molecule has 38 heavy (non-hydrogen) atoms. The van der Waals surface area contributed by atoms with Crippen molar-refractivity contribution >= 4 is 52.2 Å². The summed E-state index contributed by atoms with van der Waals surface area (Å²) in [5.74, 6) is 1.11. The maximum Gasteiger partial charge on any atom is 0.303 e. The van der Waals surface area contributed by atoms with Crippen molar-refractivity contribution in [1.29, 1.82) is 0 Å². The van der Waals surface area contributed by atoms with Crippen LogP contribution in [0.25, 0.3) is 11.2 Å². The molecule has 4 heterocycles. The molecular weight excluding hydrogens is 518 g/mol. The average Bonchev–Trinajstić information content (AvgIpc) is 3.33. The lowest BCUT2D eigenvalue weighted by Gasteiger charge is -2.19. The fourth-order valence-corrected chi connectivity index (χ4v) is 6.38. The lowest BCUT2D eigenvalue weighted by Crippen LogP contribution is -2.05. The molecule has 198 valence electrons. The van der Waals surface area contributed by atoms with Gasteiger partial charge in [0.1, 0.15) is 21.9 Å². The molecule has 0 bridgehead atoms. The second-order valence-corrected chi connectivity index (χ2v) is 11.4. The number of unbranched alkanes of at least 4 members (excludes halogenated alkanes) is 7. The van der Waals surface area contributed by atoms with Gasteiger partial charge in [-0.3, -0.25) is 4.79 Å². The summed E-state index contributed by atoms with van der Waals surface area (Å²) < 4.78 is 2.13. The molecule has 0 spiro atoms. The number of aliphatic carboxylic acids is 1. The van der Waals surface area contributed by atoms with Crippen LogP contribution in [0, 0.1) is 0 Å². The quantitative estimate of drug-likeness (QED) is 0.0895. The van der Waals surface area contributed by atoms with E-state index in [1.165, 1.54) is 25.7 Å². The summed E-state index contributed by atoms with van der Waals surface area (Å²) in [5, 5.41) is 14.0. The van der Waals surface area contributed by atoms with E-state index in [9.17, 15) is 4.79 Å². The van der Waals surface area contributed by atoms with Crippen molar-refractivity contribution in [3.8, 4) is 0 Å². The van der Waals surface area contributed by atoms with Gasteiger partial charge in [-0.2, -0.15) is 0 Å². The Morgan fingerprint density at radius 1 is 0.947 bits per heavy atom. The minimum absolute atomic E-state index is 0.292. The first kappa shape index (κ1) is 26.4. The summed E-state index contributed by atoms with van der Waals surface area (Å²) in [6, 6.07) is 6.43. The topological polar surface area (TPSA) is 119 Å². The zero-order chi connectivity index (χ0) is 26.2. The molecule has 2 N–H and O–H groups in total. The van der Waals surface area contributed by atoms with E-state index in [1.54, 1.807) is 42.2 Å². The van der Waals surface area contributed by atoms with Crippen LogP contribution in [0.1, 0.15) is 63.4 Å². The Morgan fingerprint density at radius 3 is 2.58 bits per heavy atom. The molecule has 5 rings (SSSR count). The number of nitrogens with zero attached hydrogens (tertiary/aromatic N) is 6. The second kappa shape index (κ2) is 13.1. The van der Waals surface area contributed by atoms with Crippen LogP contribution in [-0.4, -0.2) is 46.3 Å². The van der Waals surface area contributed by atoms with Gasteiger partial charge in [0, 0.05) is 30.3 Å². The van der Waals surface area contributed by atoms with Gasteiger partial charge in [-0.25, -0.2) is 24.9 Å². The molecule has 3 aromatic heterocycles. The molecule has 0 fully saturated rings. The van der Waals surface area contributed by atoms with Crippen LogP contribution < -0.4 is 5.32 Å². The van der Waals surface area contributed by atoms with Crippen LogP contribution in [0.2, 0.25) is 0 Å². The molecule has 0 saturated heterocycles. The average molecular weight is 550 g/mol. The van der Waals surface area contributed by atoms with Gasteiger partial charge in [0.25, 0.3) is 0 Å². The summed E-state index contributed by atoms with van der Waals surface area (Å²) in [5.41, 5.74) is 3.90. The fraction of sp³-hybridized carbons (Fsp3) is 0.407. The Labute approximate surface area is 230 Å². The second-order valence-electron chi connectivity index (χ2n) is 9.31. The van der Waals surface area contributed by atoms with Gasteiger partial charge in [-0.05, 0) is 36.3 Å². The first-order valence-corrected chi connectivity index (χ1v) is 14.9. The Bertz CT molecular complexity index is 1400. The molecule has 9 nitrogen and oxygen atoms in total. The number of rotatable bonds is 14. The predicted octanol–water partition coefficient (Wildman–Crippen LogP) is 6.56. The molecule has 1 aliphatic heterocycles. The summed E-state index contributed by atoms with van der Waals surface area (Å²) >= 11 is 3.40. The summed E-state index contributed by atoms with van der Waals surface area (Å²) in [4.78, 5) is 34.0. The lowest BCUT2D eigenvalue weighted by atomic mass is 10.1. The normalized spacial score (nSPS) is 12.2. The van der Waals surface area contributed by atoms with Crippen LogP contribution in [0.5, 0.6) is 0 Å². The van der Waals surface area contributed by atoms with Gasteiger partial charge in [-0.1, -0.05) is 56.4 Å². The number of hydrogen-bond donors (Lipinski definition) is 2. The zero-order valence-electron chi connectivity index (χ0n) is 21.2. The van der Waals surface area contributed by atoms with Crippen molar-refractivity contribution < 1.29 is 9.90 Å². The van der Waals surface area contributed by atoms with Crippen molar-refractivity contribution in [1.82, 2.24) is 29.5 Å². The predicted molar refractivity (Wildman–Crippen MR) is 150 cm³/mol.